The predicted octanol–water partition coefficient (Wildman–Crippen LogP) is 5.40. The third-order valence-electron chi connectivity index (χ3n) is 9.98. The first kappa shape index (κ1) is 35.2. The highest BCUT2D eigenvalue weighted by atomic mass is 16.5. The predicted molar refractivity (Wildman–Crippen MR) is 200 cm³/mol. The first-order valence-corrected chi connectivity index (χ1v) is 18.0. The van der Waals surface area contributed by atoms with E-state index in [1.807, 2.05) is 58.7 Å². The number of fused-ring (bicyclic) bond motifs is 1. The summed E-state index contributed by atoms with van der Waals surface area (Å²) in [7, 11) is 1.57. The van der Waals surface area contributed by atoms with Crippen LogP contribution in [0.5, 0.6) is 5.88 Å². The van der Waals surface area contributed by atoms with Gasteiger partial charge in [0.25, 0.3) is 5.91 Å². The number of rotatable bonds is 11. The number of anilines is 1. The summed E-state index contributed by atoms with van der Waals surface area (Å²) in [4.78, 5) is 44.7. The second-order valence-corrected chi connectivity index (χ2v) is 14.2. The normalized spacial score (nSPS) is 18.8. The molecular formula is C40H46N8O4. The van der Waals surface area contributed by atoms with E-state index >= 15 is 0 Å². The van der Waals surface area contributed by atoms with Gasteiger partial charge in [-0.25, -0.2) is 14.6 Å². The molecule has 4 aromatic rings. The van der Waals surface area contributed by atoms with E-state index in [1.54, 1.807) is 19.6 Å². The molecule has 12 nitrogen and oxygen atoms in total. The van der Waals surface area contributed by atoms with Gasteiger partial charge in [0, 0.05) is 74.0 Å². The number of nitrogens with zero attached hydrogens (tertiary/aromatic N) is 7. The topological polar surface area (TPSA) is 127 Å². The number of benzene rings is 2. The first-order chi connectivity index (χ1) is 25.1. The number of carbonyl (C=O) groups excluding carboxylic acids is 2. The molecule has 1 fully saturated rings. The van der Waals surface area contributed by atoms with Crippen molar-refractivity contribution < 1.29 is 19.1 Å². The zero-order chi connectivity index (χ0) is 36.4. The summed E-state index contributed by atoms with van der Waals surface area (Å²) in [6, 6.07) is 18.2. The van der Waals surface area contributed by atoms with E-state index in [2.05, 4.69) is 64.6 Å². The number of hydrogen-bond donors (Lipinski definition) is 1. The van der Waals surface area contributed by atoms with E-state index in [9.17, 15) is 9.59 Å². The van der Waals surface area contributed by atoms with Gasteiger partial charge in [-0.05, 0) is 75.4 Å². The lowest BCUT2D eigenvalue weighted by Gasteiger charge is -2.30. The molecule has 0 unspecified atom stereocenters. The summed E-state index contributed by atoms with van der Waals surface area (Å²) >= 11 is 0. The van der Waals surface area contributed by atoms with Gasteiger partial charge in [-0.1, -0.05) is 36.4 Å². The summed E-state index contributed by atoms with van der Waals surface area (Å²) in [6.45, 7) is 11.0. The fourth-order valence-electron chi connectivity index (χ4n) is 6.96. The number of pyridine rings is 1. The Morgan fingerprint density at radius 2 is 1.75 bits per heavy atom. The van der Waals surface area contributed by atoms with Crippen LogP contribution in [0, 0.1) is 0 Å². The van der Waals surface area contributed by atoms with E-state index < -0.39 is 5.60 Å². The second-order valence-electron chi connectivity index (χ2n) is 14.2. The highest BCUT2D eigenvalue weighted by Crippen LogP contribution is 2.31. The largest absolute Gasteiger partial charge is 0.475 e. The lowest BCUT2D eigenvalue weighted by Crippen LogP contribution is -2.48. The molecule has 0 bridgehead atoms. The van der Waals surface area contributed by atoms with Crippen molar-refractivity contribution in [3.8, 4) is 17.3 Å². The minimum absolute atomic E-state index is 0.0411. The van der Waals surface area contributed by atoms with Gasteiger partial charge in [0.2, 0.25) is 11.8 Å². The van der Waals surface area contributed by atoms with Crippen molar-refractivity contribution in [2.45, 2.75) is 64.8 Å². The molecule has 52 heavy (non-hydrogen) atoms. The van der Waals surface area contributed by atoms with Crippen LogP contribution in [-0.2, 0) is 20.9 Å². The van der Waals surface area contributed by atoms with Crippen molar-refractivity contribution in [2.75, 3.05) is 45.2 Å². The number of likely N-dealkylation sites (tertiary alicyclic amines) is 1. The van der Waals surface area contributed by atoms with Crippen LogP contribution >= 0.6 is 0 Å². The van der Waals surface area contributed by atoms with Gasteiger partial charge in [0.1, 0.15) is 6.33 Å². The summed E-state index contributed by atoms with van der Waals surface area (Å²) < 4.78 is 13.4. The molecule has 0 radical (unpaired) electrons. The van der Waals surface area contributed by atoms with Gasteiger partial charge in [0.15, 0.2) is 11.4 Å². The number of aliphatic imine (C=N–C) groups is 1. The number of ether oxygens (including phenoxy) is 2. The lowest BCUT2D eigenvalue weighted by molar-refractivity contribution is -0.138. The quantitative estimate of drug-likeness (QED) is 0.220. The van der Waals surface area contributed by atoms with E-state index in [0.29, 0.717) is 56.5 Å². The van der Waals surface area contributed by atoms with Crippen LogP contribution in [0.4, 0.5) is 5.69 Å². The maximum absolute atomic E-state index is 13.8. The van der Waals surface area contributed by atoms with E-state index in [4.69, 9.17) is 14.5 Å². The Kier molecular flexibility index (Phi) is 10.0. The molecule has 0 saturated carbocycles. The van der Waals surface area contributed by atoms with Crippen LogP contribution < -0.4 is 10.1 Å². The van der Waals surface area contributed by atoms with Crippen LogP contribution in [0.1, 0.15) is 68.8 Å². The fourth-order valence-corrected chi connectivity index (χ4v) is 6.96. The molecule has 2 amide bonds. The van der Waals surface area contributed by atoms with Crippen molar-refractivity contribution >= 4 is 28.8 Å². The zero-order valence-electron chi connectivity index (χ0n) is 30.5. The molecule has 1 saturated heterocycles. The van der Waals surface area contributed by atoms with Crippen LogP contribution in [-0.4, -0.2) is 98.6 Å². The van der Waals surface area contributed by atoms with Crippen molar-refractivity contribution in [1.29, 1.82) is 0 Å². The Balaban J connectivity index is 0.934. The molecule has 270 valence electrons. The molecular weight excluding hydrogens is 656 g/mol. The van der Waals surface area contributed by atoms with E-state index in [0.717, 1.165) is 39.9 Å². The summed E-state index contributed by atoms with van der Waals surface area (Å²) in [6.07, 6.45) is 6.98. The molecule has 1 atom stereocenters. The molecule has 2 aromatic carbocycles. The summed E-state index contributed by atoms with van der Waals surface area (Å²) in [5.41, 5.74) is 6.73. The number of methoxy groups -OCH3 is 1. The van der Waals surface area contributed by atoms with Gasteiger partial charge in [-0.2, -0.15) is 5.10 Å². The highest BCUT2D eigenvalue weighted by molar-refractivity contribution is 6.15. The molecule has 2 aromatic heterocycles. The maximum Gasteiger partial charge on any atom is 0.258 e. The van der Waals surface area contributed by atoms with Gasteiger partial charge in [-0.15, -0.1) is 0 Å². The Bertz CT molecular complexity index is 2000. The van der Waals surface area contributed by atoms with Gasteiger partial charge in [-0.3, -0.25) is 19.5 Å². The average Bonchev–Trinajstić information content (AvgIpc) is 3.91. The van der Waals surface area contributed by atoms with Crippen LogP contribution in [0.15, 0.2) is 78.2 Å². The summed E-state index contributed by atoms with van der Waals surface area (Å²) in [5, 5.41) is 7.66. The second kappa shape index (κ2) is 14.8. The molecule has 1 N–H and O–H groups in total. The number of aromatic nitrogens is 4. The number of hydrogen-bond acceptors (Lipinski definition) is 9. The molecule has 5 heterocycles. The van der Waals surface area contributed by atoms with Gasteiger partial charge in [0.05, 0.1) is 24.9 Å². The van der Waals surface area contributed by atoms with Crippen LogP contribution in [0.25, 0.3) is 17.0 Å². The van der Waals surface area contributed by atoms with Gasteiger partial charge >= 0.3 is 0 Å². The van der Waals surface area contributed by atoms with Crippen LogP contribution in [0.2, 0.25) is 0 Å². The van der Waals surface area contributed by atoms with Crippen molar-refractivity contribution in [2.24, 2.45) is 4.99 Å². The SMILES string of the molecule is CO[C@@]1(C(=O)Nc2ccc3c(c2)C(c2ccc(OC(C)C)nc2)=NC3)CCN(CC(=O)N2CC=C(c3ccc(-c4ncn(C(C)C)n4)cc3)CC2)C1. The van der Waals surface area contributed by atoms with E-state index in [-0.39, 0.29) is 30.5 Å². The highest BCUT2D eigenvalue weighted by Gasteiger charge is 2.45. The fraction of sp³-hybridized carbons (Fsp3) is 0.400. The van der Waals surface area contributed by atoms with E-state index in [1.165, 1.54) is 5.57 Å². The molecule has 3 aliphatic heterocycles. The molecule has 3 aliphatic rings. The Hall–Kier alpha value is -5.20. The molecule has 0 aliphatic carbocycles. The smallest absolute Gasteiger partial charge is 0.258 e. The Morgan fingerprint density at radius 3 is 2.42 bits per heavy atom. The van der Waals surface area contributed by atoms with Crippen LogP contribution in [0.3, 0.4) is 0 Å². The number of nitrogens with one attached hydrogen (secondary N) is 1. The van der Waals surface area contributed by atoms with Crippen molar-refractivity contribution in [3.05, 3.63) is 95.5 Å². The van der Waals surface area contributed by atoms with Crippen molar-refractivity contribution in [3.63, 3.8) is 0 Å². The number of amides is 2. The first-order valence-electron chi connectivity index (χ1n) is 18.0. The monoisotopic (exact) mass is 702 g/mol. The maximum atomic E-state index is 13.8. The average molecular weight is 703 g/mol. The molecule has 0 spiro atoms. The summed E-state index contributed by atoms with van der Waals surface area (Å²) in [5.74, 6) is 1.11. The standard InChI is InChI=1S/C40H46N8O4/c1-26(2)48-25-43-38(45-48)30-8-6-28(7-9-30)29-14-17-47(18-15-29)36(49)23-46-19-16-40(24-46,51-5)39(50)44-33-12-10-31-21-42-37(34(31)20-33)32-11-13-35(41-22-32)52-27(3)4/h6-14,20,22,25-27H,15-19,21,23-24H2,1-5H3,(H,44,50)/t40-/m0/s1. The number of carbonyl (C=O) groups is 2. The lowest BCUT2D eigenvalue weighted by atomic mass is 9.98. The Morgan fingerprint density at radius 1 is 0.962 bits per heavy atom. The minimum atomic E-state index is -1.06. The minimum Gasteiger partial charge on any atom is -0.475 e. The molecule has 12 heteroatoms. The zero-order valence-corrected chi connectivity index (χ0v) is 30.5. The van der Waals surface area contributed by atoms with Gasteiger partial charge < -0.3 is 19.7 Å². The third kappa shape index (κ3) is 7.40. The Labute approximate surface area is 304 Å². The third-order valence-corrected chi connectivity index (χ3v) is 9.98. The van der Waals surface area contributed by atoms with Crippen molar-refractivity contribution in [1.82, 2.24) is 29.5 Å². The molecule has 7 rings (SSSR count).